The van der Waals surface area contributed by atoms with Crippen molar-refractivity contribution in [3.05, 3.63) is 29.3 Å². The number of fused-ring (bicyclic) bond motifs is 2. The van der Waals surface area contributed by atoms with Gasteiger partial charge < -0.3 is 44.5 Å². The quantitative estimate of drug-likeness (QED) is 0.408. The minimum absolute atomic E-state index is 0.00500. The van der Waals surface area contributed by atoms with E-state index in [2.05, 4.69) is 0 Å². The van der Waals surface area contributed by atoms with Crippen LogP contribution in [0.3, 0.4) is 0 Å². The van der Waals surface area contributed by atoms with Gasteiger partial charge in [0, 0.05) is 12.5 Å². The van der Waals surface area contributed by atoms with Crippen molar-refractivity contribution < 1.29 is 49.3 Å². The molecule has 0 aromatic heterocycles. The number of rotatable bonds is 4. The number of cyclic esters (lactones) is 1. The van der Waals surface area contributed by atoms with Crippen LogP contribution in [0.15, 0.2) is 18.2 Å². The normalized spacial score (nSPS) is 30.6. The number of aromatic hydroxyl groups is 1. The number of carbonyl (C=O) groups excluding carboxylic acids is 1. The van der Waals surface area contributed by atoms with Crippen LogP contribution in [0.5, 0.6) is 17.2 Å². The molecule has 0 bridgehead atoms. The van der Waals surface area contributed by atoms with Gasteiger partial charge in [-0.15, -0.1) is 0 Å². The molecule has 0 saturated carbocycles. The maximum Gasteiger partial charge on any atom is 0.342 e. The van der Waals surface area contributed by atoms with Gasteiger partial charge in [-0.1, -0.05) is 0 Å². The van der Waals surface area contributed by atoms with Gasteiger partial charge in [0.2, 0.25) is 6.29 Å². The Balaban J connectivity index is 1.82. The van der Waals surface area contributed by atoms with Gasteiger partial charge in [0.1, 0.15) is 53.3 Å². The third-order valence-electron chi connectivity index (χ3n) is 5.58. The van der Waals surface area contributed by atoms with E-state index in [4.69, 9.17) is 18.9 Å². The summed E-state index contributed by atoms with van der Waals surface area (Å²) in [5.41, 5.74) is 0.634. The maximum atomic E-state index is 12.4. The average molecular weight is 436 g/mol. The third kappa shape index (κ3) is 3.66. The van der Waals surface area contributed by atoms with Crippen molar-refractivity contribution in [1.29, 1.82) is 0 Å². The molecule has 6 atom stereocenters. The number of aliphatic hydroxyl groups is 4. The molecule has 2 aromatic rings. The van der Waals surface area contributed by atoms with Crippen molar-refractivity contribution in [2.24, 2.45) is 0 Å². The lowest BCUT2D eigenvalue weighted by Gasteiger charge is -2.39. The monoisotopic (exact) mass is 436 g/mol. The molecule has 2 aromatic carbocycles. The average Bonchev–Trinajstić information content (AvgIpc) is 2.73. The second kappa shape index (κ2) is 8.13. The molecular weight excluding hydrogens is 412 g/mol. The molecule has 2 aliphatic heterocycles. The van der Waals surface area contributed by atoms with Crippen molar-refractivity contribution in [1.82, 2.24) is 0 Å². The summed E-state index contributed by atoms with van der Waals surface area (Å²) in [6, 6.07) is 4.80. The molecule has 0 aliphatic carbocycles. The van der Waals surface area contributed by atoms with Gasteiger partial charge in [0.05, 0.1) is 19.1 Å². The van der Waals surface area contributed by atoms with E-state index in [1.165, 1.54) is 13.2 Å². The highest BCUT2D eigenvalue weighted by atomic mass is 16.7. The zero-order valence-corrected chi connectivity index (χ0v) is 16.9. The van der Waals surface area contributed by atoms with E-state index in [0.29, 0.717) is 23.1 Å². The van der Waals surface area contributed by atoms with Crippen LogP contribution in [0.25, 0.3) is 10.8 Å². The molecule has 2 heterocycles. The molecule has 0 amide bonds. The van der Waals surface area contributed by atoms with Crippen LogP contribution in [0.2, 0.25) is 0 Å². The second-order valence-electron chi connectivity index (χ2n) is 7.72. The van der Waals surface area contributed by atoms with Crippen LogP contribution < -0.4 is 9.47 Å². The summed E-state index contributed by atoms with van der Waals surface area (Å²) >= 11 is 0. The smallest absolute Gasteiger partial charge is 0.342 e. The highest BCUT2D eigenvalue weighted by molar-refractivity contribution is 6.06. The van der Waals surface area contributed by atoms with Crippen molar-refractivity contribution in [2.75, 3.05) is 13.7 Å². The lowest BCUT2D eigenvalue weighted by molar-refractivity contribution is -0.277. The Bertz CT molecular complexity index is 1000. The molecule has 4 rings (SSSR count). The topological polar surface area (TPSA) is 155 Å². The number of hydrogen-bond acceptors (Lipinski definition) is 10. The minimum atomic E-state index is -1.65. The second-order valence-corrected chi connectivity index (χ2v) is 7.72. The number of hydrogen-bond donors (Lipinski definition) is 5. The number of phenolic OH excluding ortho intramolecular Hbond substituents is 1. The Morgan fingerprint density at radius 3 is 2.55 bits per heavy atom. The van der Waals surface area contributed by atoms with E-state index in [1.807, 2.05) is 0 Å². The zero-order chi connectivity index (χ0) is 22.4. The van der Waals surface area contributed by atoms with Crippen LogP contribution in [0, 0.1) is 0 Å². The molecule has 168 valence electrons. The first-order valence-electron chi connectivity index (χ1n) is 9.79. The Morgan fingerprint density at radius 1 is 1.13 bits per heavy atom. The number of ether oxygens (including phenoxy) is 4. The van der Waals surface area contributed by atoms with E-state index in [-0.39, 0.29) is 28.6 Å². The molecular formula is C21H24O10. The largest absolute Gasteiger partial charge is 0.506 e. The lowest BCUT2D eigenvalue weighted by Crippen LogP contribution is -2.60. The summed E-state index contributed by atoms with van der Waals surface area (Å²) in [6.45, 7) is 1.13. The summed E-state index contributed by atoms with van der Waals surface area (Å²) in [6.07, 6.45) is -7.39. The first-order chi connectivity index (χ1) is 14.7. The molecule has 1 saturated heterocycles. The Labute approximate surface area is 177 Å². The molecule has 10 heteroatoms. The number of aliphatic hydroxyl groups excluding tert-OH is 4. The Morgan fingerprint density at radius 2 is 1.87 bits per heavy atom. The van der Waals surface area contributed by atoms with Gasteiger partial charge in [-0.2, -0.15) is 0 Å². The Hall–Kier alpha value is -2.63. The first-order valence-corrected chi connectivity index (χ1v) is 9.79. The number of phenols is 1. The van der Waals surface area contributed by atoms with Crippen molar-refractivity contribution >= 4 is 16.7 Å². The minimum Gasteiger partial charge on any atom is -0.506 e. The summed E-state index contributed by atoms with van der Waals surface area (Å²) in [4.78, 5) is 12.4. The van der Waals surface area contributed by atoms with Gasteiger partial charge in [-0.3, -0.25) is 0 Å². The fraction of sp³-hybridized carbons (Fsp3) is 0.476. The van der Waals surface area contributed by atoms with Crippen molar-refractivity contribution in [2.45, 2.75) is 50.2 Å². The van der Waals surface area contributed by atoms with E-state index in [0.717, 1.165) is 0 Å². The molecule has 1 unspecified atom stereocenters. The lowest BCUT2D eigenvalue weighted by atomic mass is 9.93. The SMILES string of the molecule is COc1cc(O[C@@H]2O[C@H](CO)[C@@H](O)[C@H](O)[C@H]2O)c2c(O)c3c(cc2c1)CC(C)OC3=O. The van der Waals surface area contributed by atoms with Crippen LogP contribution in [-0.4, -0.2) is 82.0 Å². The fourth-order valence-electron chi connectivity index (χ4n) is 4.00. The maximum absolute atomic E-state index is 12.4. The van der Waals surface area contributed by atoms with E-state index >= 15 is 0 Å². The summed E-state index contributed by atoms with van der Waals surface area (Å²) in [7, 11) is 1.44. The van der Waals surface area contributed by atoms with E-state index < -0.39 is 43.3 Å². The summed E-state index contributed by atoms with van der Waals surface area (Å²) in [5.74, 6) is -0.641. The third-order valence-corrected chi connectivity index (χ3v) is 5.58. The fourth-order valence-corrected chi connectivity index (χ4v) is 4.00. The van der Waals surface area contributed by atoms with Crippen LogP contribution >= 0.6 is 0 Å². The number of benzene rings is 2. The van der Waals surface area contributed by atoms with Crippen LogP contribution in [0.4, 0.5) is 0 Å². The van der Waals surface area contributed by atoms with Crippen molar-refractivity contribution in [3.8, 4) is 17.2 Å². The number of esters is 1. The zero-order valence-electron chi connectivity index (χ0n) is 16.9. The molecule has 5 N–H and O–H groups in total. The molecule has 0 radical (unpaired) electrons. The van der Waals surface area contributed by atoms with Crippen LogP contribution in [-0.2, 0) is 15.9 Å². The predicted molar refractivity (Wildman–Crippen MR) is 105 cm³/mol. The predicted octanol–water partition coefficient (Wildman–Crippen LogP) is -0.166. The molecule has 10 nitrogen and oxygen atoms in total. The highest BCUT2D eigenvalue weighted by Gasteiger charge is 2.45. The summed E-state index contributed by atoms with van der Waals surface area (Å²) in [5, 5.41) is 51.3. The molecule has 1 fully saturated rings. The molecule has 0 spiro atoms. The first kappa shape index (κ1) is 21.6. The highest BCUT2D eigenvalue weighted by Crippen LogP contribution is 2.43. The van der Waals surface area contributed by atoms with E-state index in [9.17, 15) is 30.3 Å². The number of methoxy groups -OCH3 is 1. The Kier molecular flexibility index (Phi) is 5.67. The van der Waals surface area contributed by atoms with Gasteiger partial charge >= 0.3 is 5.97 Å². The summed E-state index contributed by atoms with van der Waals surface area (Å²) < 4.78 is 21.7. The van der Waals surface area contributed by atoms with Gasteiger partial charge in [-0.05, 0) is 30.0 Å². The van der Waals surface area contributed by atoms with Crippen molar-refractivity contribution in [3.63, 3.8) is 0 Å². The van der Waals surface area contributed by atoms with Crippen LogP contribution in [0.1, 0.15) is 22.8 Å². The van der Waals surface area contributed by atoms with E-state index in [1.54, 1.807) is 19.1 Å². The van der Waals surface area contributed by atoms with Gasteiger partial charge in [0.25, 0.3) is 0 Å². The van der Waals surface area contributed by atoms with Gasteiger partial charge in [0.15, 0.2) is 0 Å². The van der Waals surface area contributed by atoms with Gasteiger partial charge in [-0.25, -0.2) is 4.79 Å². The standard InChI is InChI=1S/C21H24O10/c1-8-3-9-4-10-5-11(28-2)6-12(14(10)17(24)15(9)20(27)29-8)30-21-19(26)18(25)16(23)13(7-22)31-21/h4-6,8,13,16,18-19,21-26H,3,7H2,1-2H3/t8?,13-,16-,18+,19-,21-/m1/s1. The molecule has 2 aliphatic rings. The number of carbonyl (C=O) groups is 1. The molecule has 31 heavy (non-hydrogen) atoms.